The van der Waals surface area contributed by atoms with Crippen molar-refractivity contribution < 1.29 is 30.6 Å². The van der Waals surface area contributed by atoms with Gasteiger partial charge >= 0.3 is 0 Å². The van der Waals surface area contributed by atoms with E-state index in [0.29, 0.717) is 11.1 Å². The summed E-state index contributed by atoms with van der Waals surface area (Å²) >= 11 is 0. The molecule has 128 valence electrons. The van der Waals surface area contributed by atoms with E-state index in [4.69, 9.17) is 0 Å². The first-order valence-corrected chi connectivity index (χ1v) is 7.63. The van der Waals surface area contributed by atoms with Gasteiger partial charge in [0.05, 0.1) is 12.2 Å². The molecule has 6 N–H and O–H groups in total. The molecule has 0 radical (unpaired) electrons. The van der Waals surface area contributed by atoms with Crippen LogP contribution in [0.4, 0.5) is 0 Å². The molecule has 0 amide bonds. The molecule has 2 aromatic rings. The van der Waals surface area contributed by atoms with Gasteiger partial charge in [-0.05, 0) is 49.2 Å². The third-order valence-electron chi connectivity index (χ3n) is 4.70. The fraction of sp³-hybridized carbons (Fsp3) is 0.333. The van der Waals surface area contributed by atoms with Gasteiger partial charge < -0.3 is 30.6 Å². The predicted octanol–water partition coefficient (Wildman–Crippen LogP) is 1.73. The Morgan fingerprint density at radius 1 is 0.583 bits per heavy atom. The lowest BCUT2D eigenvalue weighted by molar-refractivity contribution is -0.0810. The number of aliphatic hydroxyl groups excluding tert-OH is 2. The number of aliphatic hydroxyl groups is 2. The van der Waals surface area contributed by atoms with Crippen molar-refractivity contribution in [3.8, 4) is 23.0 Å². The van der Waals surface area contributed by atoms with Gasteiger partial charge in [-0.25, -0.2) is 0 Å². The highest BCUT2D eigenvalue weighted by Crippen LogP contribution is 2.55. The third kappa shape index (κ3) is 2.35. The highest BCUT2D eigenvalue weighted by Gasteiger charge is 2.53. The number of rotatable bonds is 2. The number of hydrogen-bond acceptors (Lipinski definition) is 6. The highest BCUT2D eigenvalue weighted by molar-refractivity contribution is 5.56. The van der Waals surface area contributed by atoms with Crippen molar-refractivity contribution in [3.05, 3.63) is 46.5 Å². The van der Waals surface area contributed by atoms with Crippen molar-refractivity contribution in [2.24, 2.45) is 0 Å². The molecule has 6 heteroatoms. The monoisotopic (exact) mass is 332 g/mol. The van der Waals surface area contributed by atoms with Crippen molar-refractivity contribution in [3.63, 3.8) is 0 Å². The van der Waals surface area contributed by atoms with Gasteiger partial charge in [0.15, 0.2) is 0 Å². The van der Waals surface area contributed by atoms with Gasteiger partial charge in [-0.2, -0.15) is 0 Å². The van der Waals surface area contributed by atoms with E-state index in [1.54, 1.807) is 13.8 Å². The van der Waals surface area contributed by atoms with Gasteiger partial charge in [0.2, 0.25) is 0 Å². The quantitative estimate of drug-likeness (QED) is 0.498. The van der Waals surface area contributed by atoms with Gasteiger partial charge in [-0.3, -0.25) is 0 Å². The van der Waals surface area contributed by atoms with E-state index in [9.17, 15) is 30.6 Å². The predicted molar refractivity (Wildman–Crippen MR) is 86.5 cm³/mol. The van der Waals surface area contributed by atoms with Crippen LogP contribution in [0.25, 0.3) is 0 Å². The van der Waals surface area contributed by atoms with Crippen LogP contribution in [-0.2, 0) is 0 Å². The molecule has 24 heavy (non-hydrogen) atoms. The molecule has 0 heterocycles. The molecule has 0 atom stereocenters. The normalized spacial score (nSPS) is 26.2. The summed E-state index contributed by atoms with van der Waals surface area (Å²) in [5.74, 6) is -2.71. The Kier molecular flexibility index (Phi) is 3.81. The first-order valence-electron chi connectivity index (χ1n) is 7.63. The summed E-state index contributed by atoms with van der Waals surface area (Å²) < 4.78 is 0. The lowest BCUT2D eigenvalue weighted by atomic mass is 9.62. The lowest BCUT2D eigenvalue weighted by Gasteiger charge is -2.47. The van der Waals surface area contributed by atoms with Crippen molar-refractivity contribution in [1.82, 2.24) is 0 Å². The molecule has 1 aliphatic rings. The van der Waals surface area contributed by atoms with Crippen LogP contribution in [0, 0.1) is 13.8 Å². The Hall–Kier alpha value is -2.44. The molecule has 0 aliphatic heterocycles. The van der Waals surface area contributed by atoms with Crippen molar-refractivity contribution in [2.45, 2.75) is 37.9 Å². The first-order chi connectivity index (χ1) is 11.2. The van der Waals surface area contributed by atoms with E-state index in [2.05, 4.69) is 0 Å². The molecule has 0 aromatic heterocycles. The second kappa shape index (κ2) is 5.58. The van der Waals surface area contributed by atoms with E-state index in [1.807, 2.05) is 0 Å². The summed E-state index contributed by atoms with van der Waals surface area (Å²) in [6.07, 6.45) is -2.36. The number of hydrogen-bond donors (Lipinski definition) is 6. The van der Waals surface area contributed by atoms with E-state index in [-0.39, 0.29) is 34.1 Å². The van der Waals surface area contributed by atoms with E-state index < -0.39 is 24.0 Å². The summed E-state index contributed by atoms with van der Waals surface area (Å²) in [4.78, 5) is 0. The van der Waals surface area contributed by atoms with Crippen LogP contribution in [0.2, 0.25) is 0 Å². The van der Waals surface area contributed by atoms with E-state index >= 15 is 0 Å². The highest BCUT2D eigenvalue weighted by atomic mass is 16.3. The lowest BCUT2D eigenvalue weighted by Crippen LogP contribution is -2.51. The largest absolute Gasteiger partial charge is 0.508 e. The zero-order valence-corrected chi connectivity index (χ0v) is 13.3. The van der Waals surface area contributed by atoms with Gasteiger partial charge in [0.1, 0.15) is 23.0 Å². The maximum Gasteiger partial charge on any atom is 0.123 e. The number of phenolic OH excluding ortho intramolecular Hbond substituents is 4. The molecule has 1 aliphatic carbocycles. The Morgan fingerprint density at radius 3 is 1.08 bits per heavy atom. The summed E-state index contributed by atoms with van der Waals surface area (Å²) in [6, 6.07) is 5.73. The third-order valence-corrected chi connectivity index (χ3v) is 4.70. The van der Waals surface area contributed by atoms with Crippen molar-refractivity contribution in [2.75, 3.05) is 0 Å². The molecule has 0 spiro atoms. The zero-order valence-electron chi connectivity index (χ0n) is 13.3. The summed E-state index contributed by atoms with van der Waals surface area (Å²) in [6.45, 7) is 3.39. The first kappa shape index (κ1) is 16.4. The van der Waals surface area contributed by atoms with E-state index in [1.165, 1.54) is 24.3 Å². The Balaban J connectivity index is 2.00. The van der Waals surface area contributed by atoms with Crippen LogP contribution in [0.3, 0.4) is 0 Å². The number of aromatic hydroxyl groups is 4. The molecular weight excluding hydrogens is 312 g/mol. The summed E-state index contributed by atoms with van der Waals surface area (Å²) in [7, 11) is 0. The van der Waals surface area contributed by atoms with Crippen LogP contribution in [0.5, 0.6) is 23.0 Å². The number of benzene rings is 2. The van der Waals surface area contributed by atoms with Gasteiger partial charge in [-0.1, -0.05) is 0 Å². The minimum Gasteiger partial charge on any atom is -0.508 e. The maximum atomic E-state index is 10.5. The average molecular weight is 332 g/mol. The van der Waals surface area contributed by atoms with Gasteiger partial charge in [-0.15, -0.1) is 0 Å². The van der Waals surface area contributed by atoms with Crippen LogP contribution in [-0.4, -0.2) is 42.8 Å². The fourth-order valence-electron chi connectivity index (χ4n) is 3.59. The fourth-order valence-corrected chi connectivity index (χ4v) is 3.59. The van der Waals surface area contributed by atoms with Crippen LogP contribution in [0.15, 0.2) is 24.3 Å². The van der Waals surface area contributed by atoms with Gasteiger partial charge in [0, 0.05) is 23.0 Å². The van der Waals surface area contributed by atoms with Crippen molar-refractivity contribution in [1.29, 1.82) is 0 Å². The molecule has 0 unspecified atom stereocenters. The second-order valence-electron chi connectivity index (χ2n) is 6.47. The smallest absolute Gasteiger partial charge is 0.123 e. The van der Waals surface area contributed by atoms with Crippen LogP contribution in [0.1, 0.15) is 34.1 Å². The van der Waals surface area contributed by atoms with Crippen LogP contribution < -0.4 is 0 Å². The molecule has 1 saturated carbocycles. The second-order valence-corrected chi connectivity index (χ2v) is 6.47. The standard InChI is InChI=1S/C18H20O6/c1-7-3-9(19)13(10(20)4-7)15-17(23)16(18(15)24)14-11(21)5-8(2)6-12(14)22/h3-6,15-24H,1-2H3. The van der Waals surface area contributed by atoms with Crippen molar-refractivity contribution >= 4 is 0 Å². The minimum absolute atomic E-state index is 0.0583. The Labute approximate surface area is 138 Å². The van der Waals surface area contributed by atoms with E-state index in [0.717, 1.165) is 0 Å². The van der Waals surface area contributed by atoms with Crippen LogP contribution >= 0.6 is 0 Å². The summed E-state index contributed by atoms with van der Waals surface area (Å²) in [5.41, 5.74) is 1.40. The minimum atomic E-state index is -1.18. The maximum absolute atomic E-state index is 10.5. The molecule has 6 nitrogen and oxygen atoms in total. The molecular formula is C18H20O6. The Bertz CT molecular complexity index is 679. The topological polar surface area (TPSA) is 121 Å². The summed E-state index contributed by atoms with van der Waals surface area (Å²) in [5, 5.41) is 61.2. The molecule has 0 saturated heterocycles. The zero-order chi connectivity index (χ0) is 17.8. The SMILES string of the molecule is Cc1cc(O)c(C2C(O)C(c3c(O)cc(C)cc3O)C2O)c(O)c1. The molecule has 0 bridgehead atoms. The Morgan fingerprint density at radius 2 is 0.833 bits per heavy atom. The molecule has 1 fully saturated rings. The van der Waals surface area contributed by atoms with Gasteiger partial charge in [0.25, 0.3) is 0 Å². The number of aryl methyl sites for hydroxylation is 2. The molecule has 2 aromatic carbocycles. The molecule has 3 rings (SSSR count). The average Bonchev–Trinajstić information content (AvgIpc) is 2.46. The number of phenols is 4.